The molecule has 0 bridgehead atoms. The normalized spacial score (nSPS) is 11.9. The van der Waals surface area contributed by atoms with Crippen LogP contribution < -0.4 is 14.8 Å². The summed E-state index contributed by atoms with van der Waals surface area (Å²) in [5.74, 6) is 1.78. The maximum absolute atomic E-state index is 12.3. The molecule has 0 heterocycles. The lowest BCUT2D eigenvalue weighted by atomic mass is 10.0. The first-order valence-electron chi connectivity index (χ1n) is 9.11. The standard InChI is InChI=1S/C22H29NO3/c1-15(2)20-10-9-17(4)14-21(20)26-18(5)22(24)23-11-12-25-19-8-6-7-16(3)13-19/h6-10,13-15,18H,11-12H2,1-5H3,(H,23,24)/t18-/m0/s1. The fourth-order valence-electron chi connectivity index (χ4n) is 2.66. The van der Waals surface area contributed by atoms with E-state index in [2.05, 4.69) is 31.3 Å². The van der Waals surface area contributed by atoms with Gasteiger partial charge in [0.1, 0.15) is 18.1 Å². The number of nitrogens with one attached hydrogen (secondary N) is 1. The van der Waals surface area contributed by atoms with Crippen molar-refractivity contribution in [1.82, 2.24) is 5.32 Å². The minimum absolute atomic E-state index is 0.144. The van der Waals surface area contributed by atoms with Gasteiger partial charge >= 0.3 is 0 Å². The van der Waals surface area contributed by atoms with E-state index in [0.29, 0.717) is 19.1 Å². The van der Waals surface area contributed by atoms with Gasteiger partial charge in [-0.15, -0.1) is 0 Å². The number of carbonyl (C=O) groups excluding carboxylic acids is 1. The number of benzene rings is 2. The predicted octanol–water partition coefficient (Wildman–Crippen LogP) is 4.39. The van der Waals surface area contributed by atoms with Crippen molar-refractivity contribution in [2.45, 2.75) is 46.6 Å². The van der Waals surface area contributed by atoms with Crippen LogP contribution in [0.4, 0.5) is 0 Å². The Morgan fingerprint density at radius 3 is 2.46 bits per heavy atom. The lowest BCUT2D eigenvalue weighted by Crippen LogP contribution is -2.38. The molecule has 0 spiro atoms. The van der Waals surface area contributed by atoms with Crippen LogP contribution in [0.15, 0.2) is 42.5 Å². The molecule has 4 heteroatoms. The third kappa shape index (κ3) is 5.80. The Morgan fingerprint density at radius 1 is 1.04 bits per heavy atom. The zero-order chi connectivity index (χ0) is 19.1. The summed E-state index contributed by atoms with van der Waals surface area (Å²) in [6, 6.07) is 14.0. The van der Waals surface area contributed by atoms with Gasteiger partial charge in [0.05, 0.1) is 6.54 Å². The lowest BCUT2D eigenvalue weighted by molar-refractivity contribution is -0.127. The van der Waals surface area contributed by atoms with Crippen LogP contribution in [-0.4, -0.2) is 25.2 Å². The number of ether oxygens (including phenoxy) is 2. The molecule has 0 radical (unpaired) electrons. The van der Waals surface area contributed by atoms with Crippen molar-refractivity contribution < 1.29 is 14.3 Å². The Hall–Kier alpha value is -2.49. The average molecular weight is 355 g/mol. The smallest absolute Gasteiger partial charge is 0.260 e. The van der Waals surface area contributed by atoms with E-state index < -0.39 is 6.10 Å². The molecule has 0 saturated heterocycles. The minimum Gasteiger partial charge on any atom is -0.492 e. The van der Waals surface area contributed by atoms with Gasteiger partial charge in [-0.05, 0) is 61.6 Å². The van der Waals surface area contributed by atoms with E-state index in [1.54, 1.807) is 6.92 Å². The third-order valence-corrected chi connectivity index (χ3v) is 4.12. The van der Waals surface area contributed by atoms with Crippen LogP contribution in [0.2, 0.25) is 0 Å². The molecule has 1 amide bonds. The van der Waals surface area contributed by atoms with Crippen molar-refractivity contribution in [2.75, 3.05) is 13.2 Å². The first-order chi connectivity index (χ1) is 12.4. The van der Waals surface area contributed by atoms with Gasteiger partial charge in [-0.25, -0.2) is 0 Å². The molecule has 0 saturated carbocycles. The fraction of sp³-hybridized carbons (Fsp3) is 0.409. The quantitative estimate of drug-likeness (QED) is 0.715. The molecular weight excluding hydrogens is 326 g/mol. The first-order valence-corrected chi connectivity index (χ1v) is 9.11. The molecule has 0 aliphatic heterocycles. The van der Waals surface area contributed by atoms with Crippen molar-refractivity contribution in [2.24, 2.45) is 0 Å². The van der Waals surface area contributed by atoms with Gasteiger partial charge in [-0.2, -0.15) is 0 Å². The average Bonchev–Trinajstić information content (AvgIpc) is 2.58. The molecule has 0 fully saturated rings. The fourth-order valence-corrected chi connectivity index (χ4v) is 2.66. The topological polar surface area (TPSA) is 47.6 Å². The summed E-state index contributed by atoms with van der Waals surface area (Å²) in [7, 11) is 0. The molecule has 1 atom stereocenters. The van der Waals surface area contributed by atoms with Crippen LogP contribution in [0.25, 0.3) is 0 Å². The Kier molecular flexibility index (Phi) is 7.07. The van der Waals surface area contributed by atoms with Crippen molar-refractivity contribution in [3.63, 3.8) is 0 Å². The van der Waals surface area contributed by atoms with Crippen molar-refractivity contribution >= 4 is 5.91 Å². The summed E-state index contributed by atoms with van der Waals surface area (Å²) in [6.07, 6.45) is -0.562. The highest BCUT2D eigenvalue weighted by atomic mass is 16.5. The highest BCUT2D eigenvalue weighted by Crippen LogP contribution is 2.28. The first kappa shape index (κ1) is 19.8. The van der Waals surface area contributed by atoms with Crippen LogP contribution in [0.1, 0.15) is 43.4 Å². The molecule has 0 aliphatic rings. The molecule has 2 aromatic rings. The van der Waals surface area contributed by atoms with E-state index in [4.69, 9.17) is 9.47 Å². The highest BCUT2D eigenvalue weighted by Gasteiger charge is 2.17. The van der Waals surface area contributed by atoms with Gasteiger partial charge in [0.2, 0.25) is 0 Å². The molecule has 140 valence electrons. The molecule has 26 heavy (non-hydrogen) atoms. The van der Waals surface area contributed by atoms with Gasteiger partial charge in [-0.3, -0.25) is 4.79 Å². The van der Waals surface area contributed by atoms with Crippen molar-refractivity contribution in [1.29, 1.82) is 0 Å². The van der Waals surface area contributed by atoms with Gasteiger partial charge in [0, 0.05) is 0 Å². The van der Waals surface area contributed by atoms with Crippen molar-refractivity contribution in [3.8, 4) is 11.5 Å². The summed E-state index contributed by atoms with van der Waals surface area (Å²) in [6.45, 7) is 10.9. The van der Waals surface area contributed by atoms with Gasteiger partial charge < -0.3 is 14.8 Å². The maximum atomic E-state index is 12.3. The number of amides is 1. The monoisotopic (exact) mass is 355 g/mol. The van der Waals surface area contributed by atoms with E-state index in [0.717, 1.165) is 28.2 Å². The van der Waals surface area contributed by atoms with E-state index in [1.165, 1.54) is 0 Å². The van der Waals surface area contributed by atoms with E-state index >= 15 is 0 Å². The Balaban J connectivity index is 1.83. The molecule has 4 nitrogen and oxygen atoms in total. The maximum Gasteiger partial charge on any atom is 0.260 e. The molecule has 2 aromatic carbocycles. The minimum atomic E-state index is -0.562. The van der Waals surface area contributed by atoms with Gasteiger partial charge in [-0.1, -0.05) is 38.1 Å². The van der Waals surface area contributed by atoms with E-state index in [1.807, 2.05) is 44.2 Å². The molecule has 1 N–H and O–H groups in total. The molecular formula is C22H29NO3. The SMILES string of the molecule is Cc1cccc(OCCNC(=O)[C@H](C)Oc2cc(C)ccc2C(C)C)c1. The molecule has 0 aliphatic carbocycles. The number of hydrogen-bond acceptors (Lipinski definition) is 3. The summed E-state index contributed by atoms with van der Waals surface area (Å²) >= 11 is 0. The van der Waals surface area contributed by atoms with Crippen molar-refractivity contribution in [3.05, 3.63) is 59.2 Å². The molecule has 0 unspecified atom stereocenters. The highest BCUT2D eigenvalue weighted by molar-refractivity contribution is 5.80. The van der Waals surface area contributed by atoms with E-state index in [-0.39, 0.29) is 5.91 Å². The number of aryl methyl sites for hydroxylation is 2. The summed E-state index contributed by atoms with van der Waals surface area (Å²) in [5, 5.41) is 2.86. The zero-order valence-corrected chi connectivity index (χ0v) is 16.3. The van der Waals surface area contributed by atoms with Crippen LogP contribution >= 0.6 is 0 Å². The molecule has 2 rings (SSSR count). The second-order valence-electron chi connectivity index (χ2n) is 6.91. The lowest BCUT2D eigenvalue weighted by Gasteiger charge is -2.19. The number of carbonyl (C=O) groups is 1. The third-order valence-electron chi connectivity index (χ3n) is 4.12. The van der Waals surface area contributed by atoms with Gasteiger partial charge in [0.15, 0.2) is 6.10 Å². The summed E-state index contributed by atoms with van der Waals surface area (Å²) < 4.78 is 11.6. The number of hydrogen-bond donors (Lipinski definition) is 1. The van der Waals surface area contributed by atoms with Crippen LogP contribution in [0.5, 0.6) is 11.5 Å². The van der Waals surface area contributed by atoms with E-state index in [9.17, 15) is 4.79 Å². The summed E-state index contributed by atoms with van der Waals surface area (Å²) in [5.41, 5.74) is 3.37. The van der Waals surface area contributed by atoms with Crippen LogP contribution in [0.3, 0.4) is 0 Å². The van der Waals surface area contributed by atoms with Crippen LogP contribution in [0, 0.1) is 13.8 Å². The predicted molar refractivity (Wildman–Crippen MR) is 105 cm³/mol. The zero-order valence-electron chi connectivity index (χ0n) is 16.3. The Morgan fingerprint density at radius 2 is 1.77 bits per heavy atom. The second-order valence-corrected chi connectivity index (χ2v) is 6.91. The number of rotatable bonds is 8. The second kappa shape index (κ2) is 9.27. The largest absolute Gasteiger partial charge is 0.492 e. The van der Waals surface area contributed by atoms with Gasteiger partial charge in [0.25, 0.3) is 5.91 Å². The Labute approximate surface area is 156 Å². The van der Waals surface area contributed by atoms with Crippen LogP contribution in [-0.2, 0) is 4.79 Å². The summed E-state index contributed by atoms with van der Waals surface area (Å²) in [4.78, 5) is 12.3. The molecule has 0 aromatic heterocycles. The Bertz CT molecular complexity index is 740.